The van der Waals surface area contributed by atoms with Crippen LogP contribution in [0.3, 0.4) is 0 Å². The molecule has 3 aromatic rings. The number of alkyl halides is 3. The largest absolute Gasteiger partial charge is 0.491 e. The summed E-state index contributed by atoms with van der Waals surface area (Å²) in [5, 5.41) is 2.71. The zero-order chi connectivity index (χ0) is 25.8. The number of fused-ring (bicyclic) bond motifs is 5. The first-order valence-corrected chi connectivity index (χ1v) is 11.7. The van der Waals surface area contributed by atoms with Crippen LogP contribution in [0.5, 0.6) is 17.2 Å². The highest BCUT2D eigenvalue weighted by molar-refractivity contribution is 6.11. The number of carbonyl (C=O) groups excluding carboxylic acids is 2. The molecule has 3 aliphatic heterocycles. The molecule has 7 nitrogen and oxygen atoms in total. The number of nitrogens with zero attached hydrogens (tertiary/aromatic N) is 1. The number of rotatable bonds is 5. The Balaban J connectivity index is 1.17. The van der Waals surface area contributed by atoms with Gasteiger partial charge in [0, 0.05) is 36.0 Å². The van der Waals surface area contributed by atoms with E-state index < -0.39 is 23.1 Å². The van der Waals surface area contributed by atoms with Gasteiger partial charge in [-0.15, -0.1) is 0 Å². The van der Waals surface area contributed by atoms with Gasteiger partial charge in [-0.2, -0.15) is 13.2 Å². The predicted molar refractivity (Wildman–Crippen MR) is 126 cm³/mol. The molecule has 3 heterocycles. The van der Waals surface area contributed by atoms with Crippen LogP contribution in [0.1, 0.15) is 33.5 Å². The van der Waals surface area contributed by atoms with Crippen LogP contribution in [0, 0.1) is 0 Å². The fraction of sp³-hybridized carbons (Fsp3) is 0.259. The van der Waals surface area contributed by atoms with E-state index in [4.69, 9.17) is 14.2 Å². The Labute approximate surface area is 209 Å². The lowest BCUT2D eigenvalue weighted by Crippen LogP contribution is -2.43. The highest BCUT2D eigenvalue weighted by Gasteiger charge is 2.57. The molecule has 3 aliphatic rings. The van der Waals surface area contributed by atoms with Crippen molar-refractivity contribution in [3.05, 3.63) is 82.9 Å². The van der Waals surface area contributed by atoms with E-state index in [2.05, 4.69) is 5.32 Å². The maximum Gasteiger partial charge on any atom is 0.416 e. The number of hydrogen-bond acceptors (Lipinski definition) is 5. The molecule has 0 aromatic heterocycles. The van der Waals surface area contributed by atoms with Gasteiger partial charge in [0.25, 0.3) is 5.91 Å². The van der Waals surface area contributed by atoms with Crippen molar-refractivity contribution in [3.8, 4) is 17.2 Å². The Morgan fingerprint density at radius 1 is 0.946 bits per heavy atom. The second-order valence-corrected chi connectivity index (χ2v) is 9.05. The number of hydrogen-bond donors (Lipinski definition) is 1. The first-order valence-electron chi connectivity index (χ1n) is 11.7. The van der Waals surface area contributed by atoms with Crippen molar-refractivity contribution in [2.75, 3.05) is 31.4 Å². The van der Waals surface area contributed by atoms with E-state index in [0.29, 0.717) is 30.2 Å². The number of halogens is 3. The summed E-state index contributed by atoms with van der Waals surface area (Å²) in [5.74, 6) is 1.12. The van der Waals surface area contributed by atoms with Gasteiger partial charge in [-0.05, 0) is 48.4 Å². The normalized spacial score (nSPS) is 19.1. The summed E-state index contributed by atoms with van der Waals surface area (Å²) in [4.78, 5) is 28.0. The average molecular weight is 510 g/mol. The SMILES string of the molecule is O=C(NCCCN1C(=O)C2(COc3cc4c(cc32)OCO4)c2ccccc21)c1ccc(C(F)(F)F)cc1. The molecule has 1 N–H and O–H groups in total. The minimum absolute atomic E-state index is 0.111. The zero-order valence-electron chi connectivity index (χ0n) is 19.4. The van der Waals surface area contributed by atoms with Crippen LogP contribution in [0.4, 0.5) is 18.9 Å². The van der Waals surface area contributed by atoms with Gasteiger partial charge in [-0.1, -0.05) is 18.2 Å². The maximum atomic E-state index is 13.9. The summed E-state index contributed by atoms with van der Waals surface area (Å²) >= 11 is 0. The molecule has 1 atom stereocenters. The molecule has 1 spiro atoms. The Hall–Kier alpha value is -4.21. The minimum atomic E-state index is -4.46. The van der Waals surface area contributed by atoms with Gasteiger partial charge in [-0.25, -0.2) is 0 Å². The van der Waals surface area contributed by atoms with Crippen molar-refractivity contribution < 1.29 is 37.0 Å². The topological polar surface area (TPSA) is 77.1 Å². The molecule has 10 heteroatoms. The fourth-order valence-electron chi connectivity index (χ4n) is 5.14. The number of anilines is 1. The quantitative estimate of drug-likeness (QED) is 0.519. The number of ether oxygens (including phenoxy) is 3. The van der Waals surface area contributed by atoms with Crippen LogP contribution in [0.25, 0.3) is 0 Å². The van der Waals surface area contributed by atoms with E-state index in [1.807, 2.05) is 30.3 Å². The first-order chi connectivity index (χ1) is 17.8. The molecule has 0 aliphatic carbocycles. The molecular formula is C27H21F3N2O5. The second kappa shape index (κ2) is 8.43. The summed E-state index contributed by atoms with van der Waals surface area (Å²) in [6.45, 7) is 0.845. The summed E-state index contributed by atoms with van der Waals surface area (Å²) in [7, 11) is 0. The molecule has 6 rings (SSSR count). The standard InChI is InChI=1S/C27H21F3N2O5/c28-27(29,30)17-8-6-16(7-9-17)24(33)31-10-3-11-32-20-5-2-1-4-18(20)26(25(32)34)14-35-21-13-23-22(12-19(21)26)36-15-37-23/h1-2,4-9,12-13H,3,10-11,14-15H2,(H,31,33). The number of carbonyl (C=O) groups is 2. The summed E-state index contributed by atoms with van der Waals surface area (Å²) in [5.41, 5.74) is 0.657. The monoisotopic (exact) mass is 510 g/mol. The summed E-state index contributed by atoms with van der Waals surface area (Å²) in [6, 6.07) is 15.2. The number of benzene rings is 3. The summed E-state index contributed by atoms with van der Waals surface area (Å²) < 4.78 is 55.2. The van der Waals surface area contributed by atoms with Crippen LogP contribution in [0.2, 0.25) is 0 Å². The lowest BCUT2D eigenvalue weighted by molar-refractivity contribution is -0.137. The van der Waals surface area contributed by atoms with Gasteiger partial charge in [0.05, 0.1) is 5.56 Å². The van der Waals surface area contributed by atoms with Crippen molar-refractivity contribution in [2.24, 2.45) is 0 Å². The van der Waals surface area contributed by atoms with E-state index in [9.17, 15) is 22.8 Å². The Kier molecular flexibility index (Phi) is 5.29. The van der Waals surface area contributed by atoms with Gasteiger partial charge in [0.1, 0.15) is 17.8 Å². The van der Waals surface area contributed by atoms with Crippen molar-refractivity contribution in [1.82, 2.24) is 5.32 Å². The number of para-hydroxylation sites is 1. The molecule has 0 fully saturated rings. The molecule has 37 heavy (non-hydrogen) atoms. The number of amides is 2. The van der Waals surface area contributed by atoms with Gasteiger partial charge in [0.2, 0.25) is 12.7 Å². The fourth-order valence-corrected chi connectivity index (χ4v) is 5.14. The molecule has 1 unspecified atom stereocenters. The summed E-state index contributed by atoms with van der Waals surface area (Å²) in [6.07, 6.45) is -4.02. The minimum Gasteiger partial charge on any atom is -0.491 e. The van der Waals surface area contributed by atoms with Gasteiger partial charge in [0.15, 0.2) is 11.5 Å². The van der Waals surface area contributed by atoms with Crippen molar-refractivity contribution >= 4 is 17.5 Å². The van der Waals surface area contributed by atoms with E-state index >= 15 is 0 Å². The van der Waals surface area contributed by atoms with Crippen LogP contribution in [-0.4, -0.2) is 38.3 Å². The molecule has 190 valence electrons. The van der Waals surface area contributed by atoms with Crippen molar-refractivity contribution in [3.63, 3.8) is 0 Å². The van der Waals surface area contributed by atoms with E-state index in [1.54, 1.807) is 11.0 Å². The van der Waals surface area contributed by atoms with Crippen LogP contribution in [-0.2, 0) is 16.4 Å². The lowest BCUT2D eigenvalue weighted by atomic mass is 9.77. The molecule has 0 saturated carbocycles. The second-order valence-electron chi connectivity index (χ2n) is 9.05. The van der Waals surface area contributed by atoms with E-state index in [0.717, 1.165) is 41.1 Å². The highest BCUT2D eigenvalue weighted by atomic mass is 19.4. The van der Waals surface area contributed by atoms with Crippen molar-refractivity contribution in [2.45, 2.75) is 18.0 Å². The Bertz CT molecular complexity index is 1410. The van der Waals surface area contributed by atoms with E-state index in [-0.39, 0.29) is 31.4 Å². The van der Waals surface area contributed by atoms with Gasteiger partial charge >= 0.3 is 6.18 Å². The highest BCUT2D eigenvalue weighted by Crippen LogP contribution is 2.55. The Morgan fingerprint density at radius 2 is 1.68 bits per heavy atom. The van der Waals surface area contributed by atoms with Gasteiger partial charge in [-0.3, -0.25) is 9.59 Å². The molecule has 0 bridgehead atoms. The zero-order valence-corrected chi connectivity index (χ0v) is 19.4. The smallest absolute Gasteiger partial charge is 0.416 e. The third kappa shape index (κ3) is 3.66. The molecule has 0 saturated heterocycles. The third-order valence-electron chi connectivity index (χ3n) is 6.96. The van der Waals surface area contributed by atoms with Crippen molar-refractivity contribution in [1.29, 1.82) is 0 Å². The lowest BCUT2D eigenvalue weighted by Gasteiger charge is -2.23. The molecule has 2 amide bonds. The van der Waals surface area contributed by atoms with Crippen LogP contribution in [0.15, 0.2) is 60.7 Å². The Morgan fingerprint density at radius 3 is 2.43 bits per heavy atom. The van der Waals surface area contributed by atoms with E-state index in [1.165, 1.54) is 0 Å². The van der Waals surface area contributed by atoms with Crippen LogP contribution >= 0.6 is 0 Å². The molecule has 0 radical (unpaired) electrons. The maximum absolute atomic E-state index is 13.9. The van der Waals surface area contributed by atoms with Crippen LogP contribution < -0.4 is 24.4 Å². The number of nitrogens with one attached hydrogen (secondary N) is 1. The predicted octanol–water partition coefficient (Wildman–Crippen LogP) is 4.28. The van der Waals surface area contributed by atoms with Gasteiger partial charge < -0.3 is 24.4 Å². The third-order valence-corrected chi connectivity index (χ3v) is 6.96. The first kappa shape index (κ1) is 23.2. The molecular weight excluding hydrogens is 489 g/mol. The average Bonchev–Trinajstić information content (AvgIpc) is 3.56. The molecule has 3 aromatic carbocycles.